The van der Waals surface area contributed by atoms with Crippen molar-refractivity contribution in [3.8, 4) is 11.5 Å². The molecule has 0 atom stereocenters. The lowest BCUT2D eigenvalue weighted by Gasteiger charge is -2.19. The van der Waals surface area contributed by atoms with E-state index in [4.69, 9.17) is 21.1 Å². The Morgan fingerprint density at radius 3 is 2.55 bits per heavy atom. The average molecular weight is 447 g/mol. The molecule has 2 aromatic carbocycles. The van der Waals surface area contributed by atoms with Crippen molar-refractivity contribution in [2.75, 3.05) is 32.6 Å². The fourth-order valence-electron chi connectivity index (χ4n) is 3.03. The molecular formula is C24H31ClN2O4. The van der Waals surface area contributed by atoms with E-state index in [0.29, 0.717) is 34.6 Å². The minimum atomic E-state index is -0.340. The van der Waals surface area contributed by atoms with Crippen LogP contribution in [0.3, 0.4) is 0 Å². The van der Waals surface area contributed by atoms with E-state index in [1.165, 1.54) is 18.1 Å². The molecule has 0 unspecified atom stereocenters. The number of hydrogen-bond acceptors (Lipinski definition) is 4. The molecule has 2 amide bonds. The molecule has 0 radical (unpaired) electrons. The highest BCUT2D eigenvalue weighted by Crippen LogP contribution is 2.37. The predicted molar refractivity (Wildman–Crippen MR) is 124 cm³/mol. The van der Waals surface area contributed by atoms with E-state index in [2.05, 4.69) is 19.2 Å². The normalized spacial score (nSPS) is 10.7. The van der Waals surface area contributed by atoms with Gasteiger partial charge in [-0.2, -0.15) is 0 Å². The first-order chi connectivity index (χ1) is 14.8. The molecule has 6 nitrogen and oxygen atoms in total. The Balaban J connectivity index is 2.09. The number of halogens is 1. The van der Waals surface area contributed by atoms with Crippen molar-refractivity contribution in [1.82, 2.24) is 4.90 Å². The van der Waals surface area contributed by atoms with Crippen molar-refractivity contribution in [3.63, 3.8) is 0 Å². The Kier molecular flexibility index (Phi) is 9.19. The largest absolute Gasteiger partial charge is 0.493 e. The number of carbonyl (C=O) groups excluding carboxylic acids is 2. The summed E-state index contributed by atoms with van der Waals surface area (Å²) in [6.07, 6.45) is 1.67. The number of hydrogen-bond donors (Lipinski definition) is 1. The van der Waals surface area contributed by atoms with Gasteiger partial charge >= 0.3 is 0 Å². The maximum Gasteiger partial charge on any atom is 0.254 e. The zero-order valence-electron chi connectivity index (χ0n) is 18.8. The first-order valence-corrected chi connectivity index (χ1v) is 10.8. The Hall–Kier alpha value is -2.73. The van der Waals surface area contributed by atoms with Crippen LogP contribution in [0.5, 0.6) is 11.5 Å². The van der Waals surface area contributed by atoms with Crippen LogP contribution in [0.25, 0.3) is 0 Å². The second kappa shape index (κ2) is 11.6. The third kappa shape index (κ3) is 6.89. The van der Waals surface area contributed by atoms with Gasteiger partial charge in [-0.1, -0.05) is 50.6 Å². The highest BCUT2D eigenvalue weighted by molar-refractivity contribution is 6.32. The van der Waals surface area contributed by atoms with Crippen molar-refractivity contribution in [2.24, 2.45) is 5.92 Å². The number of benzene rings is 2. The zero-order valence-corrected chi connectivity index (χ0v) is 19.6. The first-order valence-electron chi connectivity index (χ1n) is 10.4. The summed E-state index contributed by atoms with van der Waals surface area (Å²) in [5, 5.41) is 3.16. The fraction of sp³-hybridized carbons (Fsp3) is 0.417. The van der Waals surface area contributed by atoms with Crippen LogP contribution >= 0.6 is 11.6 Å². The van der Waals surface area contributed by atoms with Gasteiger partial charge in [0, 0.05) is 18.3 Å². The summed E-state index contributed by atoms with van der Waals surface area (Å²) in [6.45, 7) is 6.64. The van der Waals surface area contributed by atoms with Crippen molar-refractivity contribution in [3.05, 3.63) is 52.5 Å². The van der Waals surface area contributed by atoms with E-state index in [0.717, 1.165) is 24.1 Å². The number of methoxy groups -OCH3 is 1. The van der Waals surface area contributed by atoms with Gasteiger partial charge in [-0.05, 0) is 42.5 Å². The average Bonchev–Trinajstić information content (AvgIpc) is 2.73. The number of ether oxygens (including phenoxy) is 2. The molecule has 168 valence electrons. The molecule has 7 heteroatoms. The molecule has 0 heterocycles. The highest BCUT2D eigenvalue weighted by atomic mass is 35.5. The molecule has 2 aromatic rings. The Bertz CT molecular complexity index is 914. The van der Waals surface area contributed by atoms with Crippen LogP contribution in [0, 0.1) is 5.92 Å². The number of para-hydroxylation sites is 1. The van der Waals surface area contributed by atoms with E-state index in [-0.39, 0.29) is 18.4 Å². The summed E-state index contributed by atoms with van der Waals surface area (Å²) < 4.78 is 11.2. The van der Waals surface area contributed by atoms with E-state index in [1.54, 1.807) is 13.1 Å². The summed E-state index contributed by atoms with van der Waals surface area (Å²) >= 11 is 6.37. The van der Waals surface area contributed by atoms with Crippen LogP contribution in [-0.2, 0) is 11.2 Å². The van der Waals surface area contributed by atoms with Crippen LogP contribution in [0.15, 0.2) is 36.4 Å². The summed E-state index contributed by atoms with van der Waals surface area (Å²) in [6, 6.07) is 10.7. The van der Waals surface area contributed by atoms with Crippen molar-refractivity contribution < 1.29 is 19.1 Å². The molecule has 0 fully saturated rings. The quantitative estimate of drug-likeness (QED) is 0.554. The maximum absolute atomic E-state index is 12.9. The minimum Gasteiger partial charge on any atom is -0.493 e. The number of likely N-dealkylation sites (N-methyl/N-ethyl adjacent to an activating group) is 1. The number of anilines is 1. The number of carbonyl (C=O) groups is 2. The van der Waals surface area contributed by atoms with Gasteiger partial charge in [0.2, 0.25) is 5.91 Å². The highest BCUT2D eigenvalue weighted by Gasteiger charge is 2.20. The number of amides is 2. The van der Waals surface area contributed by atoms with Crippen molar-refractivity contribution >= 4 is 29.1 Å². The summed E-state index contributed by atoms with van der Waals surface area (Å²) in [4.78, 5) is 26.7. The van der Waals surface area contributed by atoms with Gasteiger partial charge in [0.15, 0.2) is 11.5 Å². The van der Waals surface area contributed by atoms with Crippen molar-refractivity contribution in [2.45, 2.75) is 33.6 Å². The SMILES string of the molecule is CCc1ccccc1NC(=O)CN(C)C(=O)c1cc(Cl)c(OCCC(C)C)c(OC)c1. The third-order valence-electron chi connectivity index (χ3n) is 4.82. The van der Waals surface area contributed by atoms with E-state index in [9.17, 15) is 9.59 Å². The smallest absolute Gasteiger partial charge is 0.254 e. The maximum atomic E-state index is 12.9. The van der Waals surface area contributed by atoms with Crippen LogP contribution in [0.1, 0.15) is 43.1 Å². The van der Waals surface area contributed by atoms with Crippen LogP contribution in [0.2, 0.25) is 5.02 Å². The molecule has 2 rings (SSSR count). The van der Waals surface area contributed by atoms with Gasteiger partial charge in [-0.25, -0.2) is 0 Å². The molecule has 0 bridgehead atoms. The number of aryl methyl sites for hydroxylation is 1. The van der Waals surface area contributed by atoms with Gasteiger partial charge in [0.1, 0.15) is 0 Å². The molecule has 1 N–H and O–H groups in total. The number of nitrogens with one attached hydrogen (secondary N) is 1. The lowest BCUT2D eigenvalue weighted by molar-refractivity contribution is -0.116. The van der Waals surface area contributed by atoms with Gasteiger partial charge in [-0.3, -0.25) is 9.59 Å². The van der Waals surface area contributed by atoms with E-state index < -0.39 is 0 Å². The molecule has 0 aliphatic heterocycles. The Morgan fingerprint density at radius 2 is 1.90 bits per heavy atom. The lowest BCUT2D eigenvalue weighted by Crippen LogP contribution is -2.35. The topological polar surface area (TPSA) is 67.9 Å². The van der Waals surface area contributed by atoms with Crippen LogP contribution in [0.4, 0.5) is 5.69 Å². The van der Waals surface area contributed by atoms with Gasteiger partial charge in [-0.15, -0.1) is 0 Å². The number of nitrogens with zero attached hydrogens (tertiary/aromatic N) is 1. The Morgan fingerprint density at radius 1 is 1.19 bits per heavy atom. The summed E-state index contributed by atoms with van der Waals surface area (Å²) in [7, 11) is 3.07. The fourth-order valence-corrected chi connectivity index (χ4v) is 3.29. The summed E-state index contributed by atoms with van der Waals surface area (Å²) in [5.41, 5.74) is 2.11. The molecule has 0 saturated carbocycles. The van der Waals surface area contributed by atoms with E-state index >= 15 is 0 Å². The van der Waals surface area contributed by atoms with Crippen molar-refractivity contribution in [1.29, 1.82) is 0 Å². The van der Waals surface area contributed by atoms with Crippen LogP contribution < -0.4 is 14.8 Å². The zero-order chi connectivity index (χ0) is 23.0. The molecule has 0 aliphatic carbocycles. The molecule has 0 spiro atoms. The number of rotatable bonds is 10. The minimum absolute atomic E-state index is 0.0938. The Labute approximate surface area is 189 Å². The molecule has 0 aliphatic rings. The standard InChI is InChI=1S/C24H31ClN2O4/c1-6-17-9-7-8-10-20(17)26-22(28)15-27(4)24(29)18-13-19(25)23(21(14-18)30-5)31-12-11-16(2)3/h7-10,13-14,16H,6,11-12,15H2,1-5H3,(H,26,28). The lowest BCUT2D eigenvalue weighted by atomic mass is 10.1. The first kappa shape index (κ1) is 24.5. The van der Waals surface area contributed by atoms with Gasteiger partial charge < -0.3 is 19.7 Å². The second-order valence-electron chi connectivity index (χ2n) is 7.74. The van der Waals surface area contributed by atoms with Gasteiger partial charge in [0.25, 0.3) is 5.91 Å². The monoisotopic (exact) mass is 446 g/mol. The second-order valence-corrected chi connectivity index (χ2v) is 8.15. The predicted octanol–water partition coefficient (Wildman–Crippen LogP) is 5.05. The van der Waals surface area contributed by atoms with Crippen LogP contribution in [-0.4, -0.2) is 44.0 Å². The molecule has 31 heavy (non-hydrogen) atoms. The molecular weight excluding hydrogens is 416 g/mol. The molecule has 0 saturated heterocycles. The molecule has 0 aromatic heterocycles. The summed E-state index contributed by atoms with van der Waals surface area (Å²) in [5.74, 6) is 0.679. The van der Waals surface area contributed by atoms with E-state index in [1.807, 2.05) is 31.2 Å². The third-order valence-corrected chi connectivity index (χ3v) is 5.10. The van der Waals surface area contributed by atoms with Gasteiger partial charge in [0.05, 0.1) is 25.3 Å².